The van der Waals surface area contributed by atoms with Crippen molar-refractivity contribution < 1.29 is 8.23 Å². The first-order valence-corrected chi connectivity index (χ1v) is 14.4. The highest BCUT2D eigenvalue weighted by atomic mass is 28.5. The largest absolute Gasteiger partial charge is 0.437 e. The van der Waals surface area contributed by atoms with Crippen molar-refractivity contribution in [3.63, 3.8) is 0 Å². The van der Waals surface area contributed by atoms with Gasteiger partial charge >= 0.3 is 8.56 Å². The third kappa shape index (κ3) is 16.5. The van der Waals surface area contributed by atoms with Gasteiger partial charge in [-0.05, 0) is 45.8 Å². The summed E-state index contributed by atoms with van der Waals surface area (Å²) in [4.78, 5) is 0. The van der Waals surface area contributed by atoms with Gasteiger partial charge in [-0.1, -0.05) is 29.7 Å². The number of hydrogen-bond acceptors (Lipinski definition) is 3. The normalized spacial score (nSPS) is 11.3. The summed E-state index contributed by atoms with van der Waals surface area (Å²) in [6.07, 6.45) is 0.665. The van der Waals surface area contributed by atoms with Crippen molar-refractivity contribution in [1.29, 1.82) is 0 Å². The van der Waals surface area contributed by atoms with Crippen LogP contribution in [0, 0.1) is 0 Å². The van der Waals surface area contributed by atoms with E-state index in [1.807, 2.05) is 0 Å². The maximum Gasteiger partial charge on any atom is 0.311 e. The van der Waals surface area contributed by atoms with E-state index >= 15 is 0 Å². The molecule has 0 aromatic carbocycles. The predicted octanol–water partition coefficient (Wildman–Crippen LogP) is 4.80. The van der Waals surface area contributed by atoms with E-state index in [4.69, 9.17) is 14.0 Å². The molecule has 0 saturated carbocycles. The van der Waals surface area contributed by atoms with E-state index in [9.17, 15) is 0 Å². The Balaban J connectivity index is -0.000000141. The average molecular weight is 316 g/mol. The zero-order valence-electron chi connectivity index (χ0n) is 10.6. The Kier molecular flexibility index (Phi) is 17.9. The van der Waals surface area contributed by atoms with Crippen molar-refractivity contribution >= 4 is 25.2 Å². The van der Waals surface area contributed by atoms with E-state index in [2.05, 4.69) is 45.8 Å². The van der Waals surface area contributed by atoms with E-state index in [0.717, 1.165) is 0 Å². The fraction of sp³-hybridized carbons (Fsp3) is 1.00. The van der Waals surface area contributed by atoms with Crippen molar-refractivity contribution in [2.45, 2.75) is 75.5 Å². The van der Waals surface area contributed by atoms with E-state index < -0.39 is 25.2 Å². The van der Waals surface area contributed by atoms with Crippen LogP contribution in [0.2, 0.25) is 45.8 Å². The molecule has 3 nitrogen and oxygen atoms in total. The molecule has 0 aromatic heterocycles. The van der Waals surface area contributed by atoms with Gasteiger partial charge in [-0.2, -0.15) is 0 Å². The van der Waals surface area contributed by atoms with Crippen LogP contribution in [0.15, 0.2) is 0 Å². The Bertz CT molecular complexity index is 192. The van der Waals surface area contributed by atoms with Crippen LogP contribution in [0.1, 0.15) is 29.7 Å². The fourth-order valence-corrected chi connectivity index (χ4v) is 13.6. The molecule has 0 aliphatic carbocycles. The van der Waals surface area contributed by atoms with Crippen molar-refractivity contribution in [3.05, 3.63) is 0 Å². The lowest BCUT2D eigenvalue weighted by atomic mass is 11.5. The molecule has 6 heteroatoms. The molecule has 0 amide bonds. The Morgan fingerprint density at radius 3 is 1.28 bits per heavy atom. The SMILES string of the molecule is C.C.C.C.C[Si](C)(C)O[Si](C)(C)O[Si](C)(C)CN. The zero-order chi connectivity index (χ0) is 11.6. The smallest absolute Gasteiger partial charge is 0.311 e. The second kappa shape index (κ2) is 10.3. The molecule has 18 heavy (non-hydrogen) atoms. The minimum absolute atomic E-state index is 0. The molecule has 118 valence electrons. The summed E-state index contributed by atoms with van der Waals surface area (Å²) in [6, 6.07) is 0. The van der Waals surface area contributed by atoms with Crippen LogP contribution in [0.25, 0.3) is 0 Å². The Labute approximate surface area is 121 Å². The average Bonchev–Trinajstić information content (AvgIpc) is 1.78. The van der Waals surface area contributed by atoms with Gasteiger partial charge in [-0.3, -0.25) is 0 Å². The zero-order valence-corrected chi connectivity index (χ0v) is 13.6. The molecule has 0 spiro atoms. The van der Waals surface area contributed by atoms with Gasteiger partial charge < -0.3 is 14.0 Å². The van der Waals surface area contributed by atoms with E-state index in [-0.39, 0.29) is 29.7 Å². The second-order valence-corrected chi connectivity index (χ2v) is 18.3. The minimum atomic E-state index is -1.95. The standard InChI is InChI=1S/C8H25NO2Si3.4CH4/c1-12(2,3)10-14(6,7)11-13(4,5)8-9;;;;/h8-9H2,1-7H3;4*1H4. The highest BCUT2D eigenvalue weighted by Crippen LogP contribution is 2.19. The van der Waals surface area contributed by atoms with Crippen LogP contribution in [-0.2, 0) is 8.23 Å². The maximum absolute atomic E-state index is 6.12. The van der Waals surface area contributed by atoms with Gasteiger partial charge in [0.25, 0.3) is 0 Å². The lowest BCUT2D eigenvalue weighted by Crippen LogP contribution is -2.54. The van der Waals surface area contributed by atoms with Gasteiger partial charge in [0.05, 0.1) is 0 Å². The highest BCUT2D eigenvalue weighted by molar-refractivity contribution is 6.87. The molecular weight excluding hydrogens is 274 g/mol. The molecule has 0 saturated heterocycles. The lowest BCUT2D eigenvalue weighted by molar-refractivity contribution is 0.392. The molecule has 0 bridgehead atoms. The van der Waals surface area contributed by atoms with E-state index in [1.165, 1.54) is 0 Å². The summed E-state index contributed by atoms with van der Waals surface area (Å²) >= 11 is 0. The first kappa shape index (κ1) is 31.1. The van der Waals surface area contributed by atoms with Crippen LogP contribution in [0.3, 0.4) is 0 Å². The van der Waals surface area contributed by atoms with Crippen molar-refractivity contribution in [1.82, 2.24) is 0 Å². The molecule has 0 atom stereocenters. The summed E-state index contributed by atoms with van der Waals surface area (Å²) < 4.78 is 12.2. The molecule has 2 N–H and O–H groups in total. The molecule has 0 heterocycles. The maximum atomic E-state index is 6.12. The van der Waals surface area contributed by atoms with Crippen LogP contribution in [0.4, 0.5) is 0 Å². The highest BCUT2D eigenvalue weighted by Gasteiger charge is 2.37. The summed E-state index contributed by atoms with van der Waals surface area (Å²) in [7, 11) is -5.11. The van der Waals surface area contributed by atoms with Gasteiger partial charge in [0.2, 0.25) is 0 Å². The van der Waals surface area contributed by atoms with Crippen molar-refractivity contribution in [2.24, 2.45) is 5.73 Å². The monoisotopic (exact) mass is 315 g/mol. The summed E-state index contributed by atoms with van der Waals surface area (Å²) in [5.41, 5.74) is 5.69. The van der Waals surface area contributed by atoms with Crippen LogP contribution in [-0.4, -0.2) is 31.4 Å². The van der Waals surface area contributed by atoms with Crippen LogP contribution < -0.4 is 5.73 Å². The van der Waals surface area contributed by atoms with Gasteiger partial charge in [0.1, 0.15) is 0 Å². The first-order chi connectivity index (χ1) is 5.97. The minimum Gasteiger partial charge on any atom is -0.437 e. The molecule has 0 rings (SSSR count). The summed E-state index contributed by atoms with van der Waals surface area (Å²) in [6.45, 7) is 15.1. The Morgan fingerprint density at radius 2 is 1.06 bits per heavy atom. The Morgan fingerprint density at radius 1 is 0.722 bits per heavy atom. The fourth-order valence-electron chi connectivity index (χ4n) is 1.47. The molecule has 0 aliphatic rings. The van der Waals surface area contributed by atoms with E-state index in [0.29, 0.717) is 6.17 Å². The number of rotatable bonds is 5. The van der Waals surface area contributed by atoms with Crippen LogP contribution in [0.5, 0.6) is 0 Å². The topological polar surface area (TPSA) is 44.5 Å². The first-order valence-electron chi connectivity index (χ1n) is 5.08. The molecule has 0 radical (unpaired) electrons. The van der Waals surface area contributed by atoms with Gasteiger partial charge in [-0.25, -0.2) is 0 Å². The molecule has 0 fully saturated rings. The van der Waals surface area contributed by atoms with Crippen molar-refractivity contribution in [3.8, 4) is 0 Å². The Hall–Kier alpha value is 0.531. The summed E-state index contributed by atoms with van der Waals surface area (Å²) in [5, 5.41) is 0. The molecular formula is C12H41NO2Si3. The lowest BCUT2D eigenvalue weighted by Gasteiger charge is -2.36. The number of hydrogen-bond donors (Lipinski definition) is 1. The van der Waals surface area contributed by atoms with E-state index in [1.54, 1.807) is 0 Å². The van der Waals surface area contributed by atoms with Crippen molar-refractivity contribution in [2.75, 3.05) is 6.17 Å². The van der Waals surface area contributed by atoms with Gasteiger partial charge in [0.15, 0.2) is 16.6 Å². The third-order valence-electron chi connectivity index (χ3n) is 1.57. The number of nitrogens with two attached hydrogens (primary N) is 1. The molecule has 0 aromatic rings. The van der Waals surface area contributed by atoms with Gasteiger partial charge in [0, 0.05) is 6.17 Å². The summed E-state index contributed by atoms with van der Waals surface area (Å²) in [5.74, 6) is 0. The van der Waals surface area contributed by atoms with Gasteiger partial charge in [-0.15, -0.1) is 0 Å². The third-order valence-corrected chi connectivity index (χ3v) is 11.1. The second-order valence-electron chi connectivity index (χ2n) is 5.68. The molecule has 0 aliphatic heterocycles. The predicted molar refractivity (Wildman–Crippen MR) is 96.5 cm³/mol. The van der Waals surface area contributed by atoms with Crippen LogP contribution >= 0.6 is 0 Å². The molecule has 0 unspecified atom stereocenters. The quantitative estimate of drug-likeness (QED) is 0.741.